The fourth-order valence-electron chi connectivity index (χ4n) is 2.16. The van der Waals surface area contributed by atoms with Crippen LogP contribution in [0.15, 0.2) is 12.7 Å². The lowest BCUT2D eigenvalue weighted by atomic mass is 10.1. The molecule has 0 spiro atoms. The zero-order valence-corrected chi connectivity index (χ0v) is 12.9. The van der Waals surface area contributed by atoms with Crippen molar-refractivity contribution in [3.05, 3.63) is 24.0 Å². The molecule has 0 aliphatic rings. The Morgan fingerprint density at radius 2 is 1.81 bits per heavy atom. The molecule has 2 rings (SSSR count). The van der Waals surface area contributed by atoms with E-state index in [-0.39, 0.29) is 0 Å². The van der Waals surface area contributed by atoms with Crippen LogP contribution in [-0.2, 0) is 19.9 Å². The highest BCUT2D eigenvalue weighted by Crippen LogP contribution is 2.21. The normalized spacial score (nSPS) is 10.6. The Morgan fingerprint density at radius 3 is 2.43 bits per heavy atom. The molecule has 114 valence electrons. The number of aromatic nitrogens is 5. The van der Waals surface area contributed by atoms with Crippen LogP contribution in [0.2, 0.25) is 0 Å². The first-order valence-corrected chi connectivity index (χ1v) is 7.40. The molecule has 0 bridgehead atoms. The van der Waals surface area contributed by atoms with Crippen molar-refractivity contribution in [2.75, 3.05) is 23.7 Å². The summed E-state index contributed by atoms with van der Waals surface area (Å²) in [4.78, 5) is 12.9. The van der Waals surface area contributed by atoms with Crippen LogP contribution in [0.1, 0.15) is 31.7 Å². The standard InChI is InChI=1S/C14H23N7/c1-4-6-11-13(15-5-2)17-9-18-14(11)16-8-7-12-19-10-21(3)20-12/h9-10H,4-8H2,1-3H3,(H2,15,16,17,18). The zero-order chi connectivity index (χ0) is 15.1. The highest BCUT2D eigenvalue weighted by atomic mass is 15.3. The van der Waals surface area contributed by atoms with Gasteiger partial charge in [-0.15, -0.1) is 0 Å². The lowest BCUT2D eigenvalue weighted by Gasteiger charge is -2.14. The Bertz CT molecular complexity index is 564. The van der Waals surface area contributed by atoms with Gasteiger partial charge < -0.3 is 10.6 Å². The van der Waals surface area contributed by atoms with Gasteiger partial charge in [-0.2, -0.15) is 5.10 Å². The topological polar surface area (TPSA) is 80.5 Å². The third kappa shape index (κ3) is 4.14. The highest BCUT2D eigenvalue weighted by Gasteiger charge is 2.10. The minimum Gasteiger partial charge on any atom is -0.370 e. The number of hydrogen-bond donors (Lipinski definition) is 2. The van der Waals surface area contributed by atoms with Crippen molar-refractivity contribution in [3.63, 3.8) is 0 Å². The van der Waals surface area contributed by atoms with Gasteiger partial charge in [-0.3, -0.25) is 4.68 Å². The summed E-state index contributed by atoms with van der Waals surface area (Å²) in [5.74, 6) is 2.66. The van der Waals surface area contributed by atoms with E-state index in [0.717, 1.165) is 55.4 Å². The molecule has 2 heterocycles. The van der Waals surface area contributed by atoms with Gasteiger partial charge in [0.2, 0.25) is 0 Å². The first-order valence-electron chi connectivity index (χ1n) is 7.40. The lowest BCUT2D eigenvalue weighted by molar-refractivity contribution is 0.741. The third-order valence-electron chi connectivity index (χ3n) is 3.08. The van der Waals surface area contributed by atoms with Gasteiger partial charge in [-0.1, -0.05) is 13.3 Å². The molecule has 2 aromatic heterocycles. The van der Waals surface area contributed by atoms with Gasteiger partial charge in [-0.25, -0.2) is 15.0 Å². The van der Waals surface area contributed by atoms with Gasteiger partial charge in [0.05, 0.1) is 0 Å². The molecule has 0 saturated heterocycles. The maximum atomic E-state index is 4.37. The highest BCUT2D eigenvalue weighted by molar-refractivity contribution is 5.57. The average molecular weight is 289 g/mol. The van der Waals surface area contributed by atoms with Crippen molar-refractivity contribution >= 4 is 11.6 Å². The first-order chi connectivity index (χ1) is 10.2. The van der Waals surface area contributed by atoms with Crippen LogP contribution in [0.25, 0.3) is 0 Å². The van der Waals surface area contributed by atoms with Crippen molar-refractivity contribution in [2.24, 2.45) is 7.05 Å². The van der Waals surface area contributed by atoms with Crippen LogP contribution in [-0.4, -0.2) is 37.8 Å². The summed E-state index contributed by atoms with van der Waals surface area (Å²) in [6, 6.07) is 0. The largest absolute Gasteiger partial charge is 0.370 e. The molecular formula is C14H23N7. The van der Waals surface area contributed by atoms with Crippen LogP contribution in [0, 0.1) is 0 Å². The second-order valence-corrected chi connectivity index (χ2v) is 4.84. The fourth-order valence-corrected chi connectivity index (χ4v) is 2.16. The van der Waals surface area contributed by atoms with Crippen LogP contribution >= 0.6 is 0 Å². The van der Waals surface area contributed by atoms with E-state index in [1.165, 1.54) is 0 Å². The van der Waals surface area contributed by atoms with E-state index in [0.29, 0.717) is 0 Å². The lowest BCUT2D eigenvalue weighted by Crippen LogP contribution is -2.12. The number of anilines is 2. The molecule has 0 radical (unpaired) electrons. The summed E-state index contributed by atoms with van der Waals surface area (Å²) < 4.78 is 1.71. The number of nitrogens with one attached hydrogen (secondary N) is 2. The van der Waals surface area contributed by atoms with E-state index in [4.69, 9.17) is 0 Å². The van der Waals surface area contributed by atoms with Crippen molar-refractivity contribution in [3.8, 4) is 0 Å². The van der Waals surface area contributed by atoms with Crippen LogP contribution < -0.4 is 10.6 Å². The van der Waals surface area contributed by atoms with Gasteiger partial charge in [-0.05, 0) is 13.3 Å². The SMILES string of the molecule is CCCc1c(NCC)ncnc1NCCc1ncn(C)n1. The second kappa shape index (κ2) is 7.56. The van der Waals surface area contributed by atoms with Gasteiger partial charge in [0, 0.05) is 32.1 Å². The molecule has 0 fully saturated rings. The van der Waals surface area contributed by atoms with E-state index >= 15 is 0 Å². The molecule has 0 aliphatic heterocycles. The van der Waals surface area contributed by atoms with Crippen molar-refractivity contribution in [2.45, 2.75) is 33.1 Å². The molecule has 7 heteroatoms. The summed E-state index contributed by atoms with van der Waals surface area (Å²) in [7, 11) is 1.87. The Kier molecular flexibility index (Phi) is 5.48. The van der Waals surface area contributed by atoms with Crippen molar-refractivity contribution in [1.29, 1.82) is 0 Å². The minimum absolute atomic E-state index is 0.753. The van der Waals surface area contributed by atoms with Gasteiger partial charge in [0.1, 0.15) is 24.3 Å². The second-order valence-electron chi connectivity index (χ2n) is 4.84. The minimum atomic E-state index is 0.753. The molecule has 7 nitrogen and oxygen atoms in total. The Morgan fingerprint density at radius 1 is 1.05 bits per heavy atom. The van der Waals surface area contributed by atoms with Gasteiger partial charge >= 0.3 is 0 Å². The smallest absolute Gasteiger partial charge is 0.152 e. The van der Waals surface area contributed by atoms with E-state index in [1.54, 1.807) is 17.3 Å². The Hall–Kier alpha value is -2.18. The van der Waals surface area contributed by atoms with E-state index in [2.05, 4.69) is 44.5 Å². The quantitative estimate of drug-likeness (QED) is 0.769. The van der Waals surface area contributed by atoms with E-state index in [1.807, 2.05) is 7.05 Å². The van der Waals surface area contributed by atoms with E-state index in [9.17, 15) is 0 Å². The van der Waals surface area contributed by atoms with Gasteiger partial charge in [0.25, 0.3) is 0 Å². The third-order valence-corrected chi connectivity index (χ3v) is 3.08. The molecule has 0 saturated carbocycles. The number of aryl methyl sites for hydroxylation is 1. The fraction of sp³-hybridized carbons (Fsp3) is 0.571. The van der Waals surface area contributed by atoms with Crippen molar-refractivity contribution in [1.82, 2.24) is 24.7 Å². The number of nitrogens with zero attached hydrogens (tertiary/aromatic N) is 5. The molecule has 21 heavy (non-hydrogen) atoms. The summed E-state index contributed by atoms with van der Waals surface area (Å²) in [6.45, 7) is 5.83. The summed E-state index contributed by atoms with van der Waals surface area (Å²) in [6.07, 6.45) is 6.09. The summed E-state index contributed by atoms with van der Waals surface area (Å²) >= 11 is 0. The molecule has 0 aliphatic carbocycles. The molecule has 2 aromatic rings. The average Bonchev–Trinajstić information content (AvgIpc) is 2.88. The monoisotopic (exact) mass is 289 g/mol. The van der Waals surface area contributed by atoms with E-state index < -0.39 is 0 Å². The first kappa shape index (κ1) is 15.2. The predicted molar refractivity (Wildman–Crippen MR) is 83.4 cm³/mol. The summed E-state index contributed by atoms with van der Waals surface area (Å²) in [5, 5.41) is 10.9. The van der Waals surface area contributed by atoms with Crippen LogP contribution in [0.3, 0.4) is 0 Å². The van der Waals surface area contributed by atoms with Crippen LogP contribution in [0.5, 0.6) is 0 Å². The maximum Gasteiger partial charge on any atom is 0.152 e. The maximum absolute atomic E-state index is 4.37. The summed E-state index contributed by atoms with van der Waals surface area (Å²) in [5.41, 5.74) is 1.15. The Balaban J connectivity index is 2.02. The molecule has 0 unspecified atom stereocenters. The molecule has 2 N–H and O–H groups in total. The number of hydrogen-bond acceptors (Lipinski definition) is 6. The predicted octanol–water partition coefficient (Wildman–Crippen LogP) is 1.64. The van der Waals surface area contributed by atoms with Crippen molar-refractivity contribution < 1.29 is 0 Å². The van der Waals surface area contributed by atoms with Crippen LogP contribution in [0.4, 0.5) is 11.6 Å². The number of rotatable bonds is 8. The molecular weight excluding hydrogens is 266 g/mol. The zero-order valence-electron chi connectivity index (χ0n) is 12.9. The molecule has 0 aromatic carbocycles. The Labute approximate surface area is 125 Å². The van der Waals surface area contributed by atoms with Gasteiger partial charge in [0.15, 0.2) is 5.82 Å². The molecule has 0 amide bonds. The molecule has 0 atom stereocenters.